The number of nitrogens with zero attached hydrogens (tertiary/aromatic N) is 1. The summed E-state index contributed by atoms with van der Waals surface area (Å²) in [6, 6.07) is 2.56. The SMILES string of the molecule is O=C(NCC1(O)CCOCC1)c1ccc(=O)[nH]n1. The minimum absolute atomic E-state index is 0.116. The van der Waals surface area contributed by atoms with Crippen molar-refractivity contribution in [2.45, 2.75) is 18.4 Å². The Morgan fingerprint density at radius 1 is 1.50 bits per heavy atom. The molecule has 0 unspecified atom stereocenters. The minimum atomic E-state index is -0.921. The molecule has 7 heteroatoms. The molecule has 0 atom stereocenters. The zero-order valence-electron chi connectivity index (χ0n) is 9.81. The molecule has 3 N–H and O–H groups in total. The number of rotatable bonds is 3. The molecule has 0 aromatic carbocycles. The van der Waals surface area contributed by atoms with E-state index >= 15 is 0 Å². The second kappa shape index (κ2) is 5.28. The highest BCUT2D eigenvalue weighted by Crippen LogP contribution is 2.19. The number of carbonyl (C=O) groups excluding carboxylic acids is 1. The molecule has 2 heterocycles. The predicted molar refractivity (Wildman–Crippen MR) is 62.2 cm³/mol. The number of amides is 1. The lowest BCUT2D eigenvalue weighted by molar-refractivity contribution is -0.0605. The lowest BCUT2D eigenvalue weighted by Crippen LogP contribution is -2.46. The molecule has 2 rings (SSSR count). The van der Waals surface area contributed by atoms with E-state index in [-0.39, 0.29) is 17.8 Å². The highest BCUT2D eigenvalue weighted by Gasteiger charge is 2.30. The van der Waals surface area contributed by atoms with Gasteiger partial charge in [-0.1, -0.05) is 0 Å². The number of nitrogens with one attached hydrogen (secondary N) is 2. The van der Waals surface area contributed by atoms with E-state index in [1.807, 2.05) is 0 Å². The Balaban J connectivity index is 1.91. The van der Waals surface area contributed by atoms with Gasteiger partial charge in [-0.2, -0.15) is 5.10 Å². The lowest BCUT2D eigenvalue weighted by Gasteiger charge is -2.31. The van der Waals surface area contributed by atoms with Crippen molar-refractivity contribution in [3.63, 3.8) is 0 Å². The standard InChI is InChI=1S/C11H15N3O4/c15-9-2-1-8(13-14-9)10(16)12-7-11(17)3-5-18-6-4-11/h1-2,17H,3-7H2,(H,12,16)(H,14,15). The molecule has 1 amide bonds. The molecule has 0 saturated carbocycles. The van der Waals surface area contributed by atoms with Crippen molar-refractivity contribution >= 4 is 5.91 Å². The van der Waals surface area contributed by atoms with E-state index in [0.29, 0.717) is 26.1 Å². The maximum absolute atomic E-state index is 11.7. The smallest absolute Gasteiger partial charge is 0.271 e. The summed E-state index contributed by atoms with van der Waals surface area (Å²) in [4.78, 5) is 22.5. The first-order chi connectivity index (χ1) is 8.59. The molecule has 1 fully saturated rings. The Hall–Kier alpha value is -1.73. The van der Waals surface area contributed by atoms with Gasteiger partial charge in [0.15, 0.2) is 0 Å². The molecule has 1 saturated heterocycles. The molecule has 98 valence electrons. The summed E-state index contributed by atoms with van der Waals surface area (Å²) in [7, 11) is 0. The van der Waals surface area contributed by atoms with Gasteiger partial charge in [-0.3, -0.25) is 9.59 Å². The molecule has 0 spiro atoms. The van der Waals surface area contributed by atoms with Crippen LogP contribution in [0.25, 0.3) is 0 Å². The van der Waals surface area contributed by atoms with Crippen LogP contribution < -0.4 is 10.9 Å². The number of aliphatic hydroxyl groups is 1. The molecular weight excluding hydrogens is 238 g/mol. The Morgan fingerprint density at radius 3 is 2.83 bits per heavy atom. The fourth-order valence-electron chi connectivity index (χ4n) is 1.73. The van der Waals surface area contributed by atoms with E-state index in [2.05, 4.69) is 15.5 Å². The van der Waals surface area contributed by atoms with Gasteiger partial charge in [0, 0.05) is 38.7 Å². The highest BCUT2D eigenvalue weighted by molar-refractivity contribution is 5.92. The van der Waals surface area contributed by atoms with Crippen LogP contribution in [0, 0.1) is 0 Å². The average molecular weight is 253 g/mol. The molecule has 0 aliphatic carbocycles. The molecule has 0 bridgehead atoms. The van der Waals surface area contributed by atoms with Crippen molar-refractivity contribution in [3.8, 4) is 0 Å². The van der Waals surface area contributed by atoms with E-state index in [0.717, 1.165) is 0 Å². The molecule has 7 nitrogen and oxygen atoms in total. The molecule has 1 aliphatic rings. The quantitative estimate of drug-likeness (QED) is 0.643. The maximum Gasteiger partial charge on any atom is 0.271 e. The van der Waals surface area contributed by atoms with Crippen LogP contribution in [-0.4, -0.2) is 46.6 Å². The monoisotopic (exact) mass is 253 g/mol. The topological polar surface area (TPSA) is 104 Å². The number of hydrogen-bond donors (Lipinski definition) is 3. The number of aromatic amines is 1. The zero-order valence-corrected chi connectivity index (χ0v) is 9.81. The molecular formula is C11H15N3O4. The van der Waals surface area contributed by atoms with Crippen molar-refractivity contribution in [3.05, 3.63) is 28.2 Å². The summed E-state index contributed by atoms with van der Waals surface area (Å²) in [6.45, 7) is 1.13. The van der Waals surface area contributed by atoms with E-state index in [9.17, 15) is 14.7 Å². The van der Waals surface area contributed by atoms with Crippen LogP contribution in [0.3, 0.4) is 0 Å². The largest absolute Gasteiger partial charge is 0.388 e. The normalized spacial score (nSPS) is 18.3. The van der Waals surface area contributed by atoms with Crippen LogP contribution in [0.15, 0.2) is 16.9 Å². The van der Waals surface area contributed by atoms with Gasteiger partial charge in [-0.15, -0.1) is 0 Å². The molecule has 0 radical (unpaired) electrons. The fraction of sp³-hybridized carbons (Fsp3) is 0.545. The summed E-state index contributed by atoms with van der Waals surface area (Å²) < 4.78 is 5.14. The molecule has 1 aromatic heterocycles. The first-order valence-corrected chi connectivity index (χ1v) is 5.73. The Kier molecular flexibility index (Phi) is 3.73. The molecule has 1 aromatic rings. The van der Waals surface area contributed by atoms with Crippen molar-refractivity contribution in [1.29, 1.82) is 0 Å². The molecule has 18 heavy (non-hydrogen) atoms. The van der Waals surface area contributed by atoms with Crippen LogP contribution in [0.2, 0.25) is 0 Å². The summed E-state index contributed by atoms with van der Waals surface area (Å²) in [5.41, 5.74) is -1.17. The first-order valence-electron chi connectivity index (χ1n) is 5.73. The summed E-state index contributed by atoms with van der Waals surface area (Å²) in [5.74, 6) is -0.425. The minimum Gasteiger partial charge on any atom is -0.388 e. The van der Waals surface area contributed by atoms with E-state index in [1.165, 1.54) is 12.1 Å². The van der Waals surface area contributed by atoms with Gasteiger partial charge in [-0.05, 0) is 6.07 Å². The van der Waals surface area contributed by atoms with Crippen molar-refractivity contribution in [1.82, 2.24) is 15.5 Å². The third kappa shape index (κ3) is 3.14. The van der Waals surface area contributed by atoms with Gasteiger partial charge in [-0.25, -0.2) is 5.10 Å². The van der Waals surface area contributed by atoms with Crippen LogP contribution in [-0.2, 0) is 4.74 Å². The summed E-state index contributed by atoms with van der Waals surface area (Å²) in [6.07, 6.45) is 0.985. The van der Waals surface area contributed by atoms with Gasteiger partial charge in [0.1, 0.15) is 5.69 Å². The number of ether oxygens (including phenoxy) is 1. The van der Waals surface area contributed by atoms with Crippen LogP contribution in [0.5, 0.6) is 0 Å². The number of aromatic nitrogens is 2. The van der Waals surface area contributed by atoms with Crippen molar-refractivity contribution in [2.75, 3.05) is 19.8 Å². The fourth-order valence-corrected chi connectivity index (χ4v) is 1.73. The summed E-state index contributed by atoms with van der Waals surface area (Å²) >= 11 is 0. The van der Waals surface area contributed by atoms with Crippen LogP contribution in [0.1, 0.15) is 23.3 Å². The Morgan fingerprint density at radius 2 is 2.22 bits per heavy atom. The number of hydrogen-bond acceptors (Lipinski definition) is 5. The number of H-pyrrole nitrogens is 1. The zero-order chi connectivity index (χ0) is 13.0. The van der Waals surface area contributed by atoms with E-state index in [1.54, 1.807) is 0 Å². The highest BCUT2D eigenvalue weighted by atomic mass is 16.5. The lowest BCUT2D eigenvalue weighted by atomic mass is 9.94. The van der Waals surface area contributed by atoms with E-state index in [4.69, 9.17) is 4.74 Å². The number of carbonyl (C=O) groups is 1. The first kappa shape index (κ1) is 12.7. The van der Waals surface area contributed by atoms with Gasteiger partial charge >= 0.3 is 0 Å². The van der Waals surface area contributed by atoms with Crippen LogP contribution in [0.4, 0.5) is 0 Å². The Labute approximate surface area is 103 Å². The molecule has 1 aliphatic heterocycles. The van der Waals surface area contributed by atoms with Gasteiger partial charge in [0.25, 0.3) is 11.5 Å². The van der Waals surface area contributed by atoms with Crippen molar-refractivity contribution in [2.24, 2.45) is 0 Å². The third-order valence-electron chi connectivity index (χ3n) is 2.91. The van der Waals surface area contributed by atoms with Gasteiger partial charge in [0.2, 0.25) is 0 Å². The Bertz CT molecular complexity index is 459. The summed E-state index contributed by atoms with van der Waals surface area (Å²) in [5, 5.41) is 18.5. The third-order valence-corrected chi connectivity index (χ3v) is 2.91. The van der Waals surface area contributed by atoms with Gasteiger partial charge in [0.05, 0.1) is 5.60 Å². The van der Waals surface area contributed by atoms with E-state index < -0.39 is 11.5 Å². The second-order valence-corrected chi connectivity index (χ2v) is 4.33. The predicted octanol–water partition coefficient (Wildman–Crippen LogP) is -0.959. The maximum atomic E-state index is 11.7. The van der Waals surface area contributed by atoms with Crippen LogP contribution >= 0.6 is 0 Å². The second-order valence-electron chi connectivity index (χ2n) is 4.33. The average Bonchev–Trinajstić information content (AvgIpc) is 2.38. The van der Waals surface area contributed by atoms with Gasteiger partial charge < -0.3 is 15.2 Å². The van der Waals surface area contributed by atoms with Crippen molar-refractivity contribution < 1.29 is 14.6 Å².